The molecule has 2 rings (SSSR count). The van der Waals surface area contributed by atoms with E-state index in [-0.39, 0.29) is 17.0 Å². The first kappa shape index (κ1) is 27.2. The fraction of sp³-hybridized carbons (Fsp3) is 0.300. The predicted molar refractivity (Wildman–Crippen MR) is 120 cm³/mol. The summed E-state index contributed by atoms with van der Waals surface area (Å²) in [5.41, 5.74) is 14.6. The highest BCUT2D eigenvalue weighted by Crippen LogP contribution is 2.14. The van der Waals surface area contributed by atoms with Gasteiger partial charge in [-0.3, -0.25) is 9.59 Å². The molecule has 9 heteroatoms. The van der Waals surface area contributed by atoms with E-state index in [4.69, 9.17) is 21.3 Å². The molecule has 0 saturated heterocycles. The second-order valence-electron chi connectivity index (χ2n) is 5.87. The summed E-state index contributed by atoms with van der Waals surface area (Å²) in [6.45, 7) is 0.549. The van der Waals surface area contributed by atoms with Gasteiger partial charge in [-0.05, 0) is 22.3 Å². The minimum absolute atomic E-state index is 0. The fourth-order valence-electron chi connectivity index (χ4n) is 2.21. The molecule has 0 aliphatic carbocycles. The highest BCUT2D eigenvalue weighted by Gasteiger charge is 2.15. The van der Waals surface area contributed by atoms with Crippen LogP contribution in [-0.2, 0) is 31.0 Å². The zero-order chi connectivity index (χ0) is 21.1. The van der Waals surface area contributed by atoms with E-state index in [1.807, 2.05) is 24.3 Å². The van der Waals surface area contributed by atoms with Crippen molar-refractivity contribution in [1.29, 1.82) is 0 Å². The number of carboxylic acids is 1. The van der Waals surface area contributed by atoms with E-state index in [1.165, 1.54) is 7.11 Å². The molecule has 0 aromatic heterocycles. The second-order valence-corrected chi connectivity index (χ2v) is 6.43. The first-order valence-electron chi connectivity index (χ1n) is 8.38. The maximum absolute atomic E-state index is 11.2. The normalized spacial score (nSPS) is 11.9. The van der Waals surface area contributed by atoms with Gasteiger partial charge in [0.25, 0.3) is 0 Å². The molecule has 2 aromatic carbocycles. The van der Waals surface area contributed by atoms with Gasteiger partial charge in [0.15, 0.2) is 0 Å². The van der Waals surface area contributed by atoms with Gasteiger partial charge in [0.1, 0.15) is 12.1 Å². The van der Waals surface area contributed by atoms with Crippen molar-refractivity contribution in [2.75, 3.05) is 14.2 Å². The van der Waals surface area contributed by atoms with Crippen molar-refractivity contribution < 1.29 is 24.2 Å². The molecule has 0 aliphatic heterocycles. The molecule has 0 bridgehead atoms. The topological polar surface area (TPSA) is 125 Å². The highest BCUT2D eigenvalue weighted by molar-refractivity contribution is 9.08. The molecular weight excluding hydrogens is 508 g/mol. The van der Waals surface area contributed by atoms with E-state index in [2.05, 4.69) is 20.7 Å². The average molecular weight is 534 g/mol. The quantitative estimate of drug-likeness (QED) is 0.368. The summed E-state index contributed by atoms with van der Waals surface area (Å²) in [5, 5.41) is 9.39. The lowest BCUT2D eigenvalue weighted by Gasteiger charge is -2.09. The smallest absolute Gasteiger partial charge is 0.327 e. The summed E-state index contributed by atoms with van der Waals surface area (Å²) in [5.74, 6) is -1.44. The van der Waals surface area contributed by atoms with E-state index in [0.717, 1.165) is 22.0 Å². The van der Waals surface area contributed by atoms with Crippen LogP contribution in [0.1, 0.15) is 34.3 Å². The molecule has 2 aromatic rings. The fourth-order valence-corrected chi connectivity index (χ4v) is 2.58. The largest absolute Gasteiger partial charge is 0.480 e. The van der Waals surface area contributed by atoms with Crippen molar-refractivity contribution in [1.82, 2.24) is 0 Å². The van der Waals surface area contributed by atoms with Gasteiger partial charge >= 0.3 is 11.9 Å². The van der Waals surface area contributed by atoms with Crippen molar-refractivity contribution in [3.63, 3.8) is 0 Å². The number of nitrogens with two attached hydrogens (primary N) is 2. The van der Waals surface area contributed by atoms with E-state index < -0.39 is 24.0 Å². The number of halogens is 2. The molecule has 0 saturated carbocycles. The molecule has 2 atom stereocenters. The van der Waals surface area contributed by atoms with Gasteiger partial charge in [-0.1, -0.05) is 64.5 Å². The molecule has 0 radical (unpaired) electrons. The number of hydrogen-bond donors (Lipinski definition) is 3. The van der Waals surface area contributed by atoms with Crippen molar-refractivity contribution >= 4 is 44.9 Å². The Bertz CT molecular complexity index is 754. The number of carbonyl (C=O) groups is 2. The summed E-state index contributed by atoms with van der Waals surface area (Å²) in [7, 11) is 2.95. The van der Waals surface area contributed by atoms with Crippen molar-refractivity contribution in [2.45, 2.75) is 24.0 Å². The number of carbonyl (C=O) groups excluding carboxylic acids is 1. The van der Waals surface area contributed by atoms with Crippen LogP contribution in [0.15, 0.2) is 48.5 Å². The second kappa shape index (κ2) is 14.2. The van der Waals surface area contributed by atoms with Crippen molar-refractivity contribution in [2.24, 2.45) is 11.5 Å². The van der Waals surface area contributed by atoms with Crippen LogP contribution in [0.3, 0.4) is 0 Å². The van der Waals surface area contributed by atoms with Gasteiger partial charge < -0.3 is 26.0 Å². The zero-order valence-corrected chi connectivity index (χ0v) is 19.5. The highest BCUT2D eigenvalue weighted by atomic mass is 79.9. The molecule has 0 fully saturated rings. The Balaban J connectivity index is 0.000000527. The molecule has 0 amide bonds. The number of carboxylic acid groups (broad SMARTS) is 1. The van der Waals surface area contributed by atoms with Crippen LogP contribution in [-0.4, -0.2) is 31.3 Å². The number of methoxy groups -OCH3 is 2. The lowest BCUT2D eigenvalue weighted by molar-refractivity contribution is -0.142. The molecule has 2 unspecified atom stereocenters. The Morgan fingerprint density at radius 1 is 0.931 bits per heavy atom. The van der Waals surface area contributed by atoms with E-state index in [0.29, 0.717) is 12.2 Å². The lowest BCUT2D eigenvalue weighted by atomic mass is 10.1. The third-order valence-corrected chi connectivity index (χ3v) is 4.51. The zero-order valence-electron chi connectivity index (χ0n) is 16.2. The number of hydrogen-bond acceptors (Lipinski definition) is 6. The molecule has 0 aliphatic rings. The molecule has 0 spiro atoms. The summed E-state index contributed by atoms with van der Waals surface area (Å²) < 4.78 is 9.53. The molecule has 160 valence electrons. The van der Waals surface area contributed by atoms with Crippen LogP contribution in [0, 0.1) is 0 Å². The molecule has 29 heavy (non-hydrogen) atoms. The van der Waals surface area contributed by atoms with Crippen molar-refractivity contribution in [3.05, 3.63) is 70.8 Å². The maximum Gasteiger partial charge on any atom is 0.327 e. The summed E-state index contributed by atoms with van der Waals surface area (Å²) >= 11 is 3.30. The third-order valence-electron chi connectivity index (χ3n) is 3.86. The van der Waals surface area contributed by atoms with Gasteiger partial charge in [-0.15, -0.1) is 17.0 Å². The number of ether oxygens (including phenoxy) is 2. The third kappa shape index (κ3) is 9.05. The van der Waals surface area contributed by atoms with Crippen LogP contribution >= 0.6 is 32.9 Å². The van der Waals surface area contributed by atoms with Crippen LogP contribution < -0.4 is 11.5 Å². The Morgan fingerprint density at radius 3 is 1.76 bits per heavy atom. The number of aliphatic carboxylic acids is 1. The monoisotopic (exact) mass is 532 g/mol. The summed E-state index contributed by atoms with van der Waals surface area (Å²) in [4.78, 5) is 21.7. The molecule has 5 N–H and O–H groups in total. The Kier molecular flexibility index (Phi) is 13.4. The summed E-state index contributed by atoms with van der Waals surface area (Å²) in [6.07, 6.45) is 0. The molecule has 0 heterocycles. The first-order chi connectivity index (χ1) is 13.3. The maximum atomic E-state index is 11.2. The van der Waals surface area contributed by atoms with Crippen LogP contribution in [0.4, 0.5) is 0 Å². The van der Waals surface area contributed by atoms with Gasteiger partial charge in [-0.2, -0.15) is 0 Å². The number of alkyl halides is 1. The molecule has 7 nitrogen and oxygen atoms in total. The SMILES string of the molecule is Br.COCc1ccc(C(N)C(=O)OC)cc1.NC(C(=O)O)c1ccc(CBr)cc1. The Labute approximate surface area is 189 Å². The van der Waals surface area contributed by atoms with Gasteiger partial charge in [0.05, 0.1) is 13.7 Å². The minimum atomic E-state index is -1.01. The number of benzene rings is 2. The number of esters is 1. The van der Waals surface area contributed by atoms with Crippen LogP contribution in [0.2, 0.25) is 0 Å². The van der Waals surface area contributed by atoms with E-state index >= 15 is 0 Å². The van der Waals surface area contributed by atoms with Gasteiger partial charge in [0.2, 0.25) is 0 Å². The van der Waals surface area contributed by atoms with E-state index in [1.54, 1.807) is 31.4 Å². The van der Waals surface area contributed by atoms with Crippen LogP contribution in [0.25, 0.3) is 0 Å². The average Bonchev–Trinajstić information content (AvgIpc) is 2.73. The standard InChI is InChI=1S/C11H15NO3.C9H10BrNO2.BrH/c1-14-7-8-3-5-9(6-4-8)10(12)11(13)15-2;10-5-6-1-3-7(4-2-6)8(11)9(12)13;/h3-6,10H,7,12H2,1-2H3;1-4,8H,5,11H2,(H,12,13);1H. The summed E-state index contributed by atoms with van der Waals surface area (Å²) in [6, 6.07) is 12.9. The number of rotatable bonds is 7. The van der Waals surface area contributed by atoms with Crippen molar-refractivity contribution in [3.8, 4) is 0 Å². The predicted octanol–water partition coefficient (Wildman–Crippen LogP) is 3.25. The molecular formula is C20H26Br2N2O5. The Hall–Kier alpha value is -1.78. The lowest BCUT2D eigenvalue weighted by Crippen LogP contribution is -2.22. The Morgan fingerprint density at radius 2 is 1.38 bits per heavy atom. The minimum Gasteiger partial charge on any atom is -0.480 e. The van der Waals surface area contributed by atoms with Crippen LogP contribution in [0.5, 0.6) is 0 Å². The van der Waals surface area contributed by atoms with Gasteiger partial charge in [0, 0.05) is 12.4 Å². The van der Waals surface area contributed by atoms with Gasteiger partial charge in [-0.25, -0.2) is 0 Å². The first-order valence-corrected chi connectivity index (χ1v) is 9.50. The van der Waals surface area contributed by atoms with E-state index in [9.17, 15) is 9.59 Å².